The van der Waals surface area contributed by atoms with E-state index in [2.05, 4.69) is 36.1 Å². The lowest BCUT2D eigenvalue weighted by Gasteiger charge is -2.16. The molecule has 2 aromatic carbocycles. The van der Waals surface area contributed by atoms with Crippen molar-refractivity contribution >= 4 is 5.91 Å². The van der Waals surface area contributed by atoms with Gasteiger partial charge in [-0.05, 0) is 48.2 Å². The van der Waals surface area contributed by atoms with Gasteiger partial charge in [0.1, 0.15) is 5.75 Å². The highest BCUT2D eigenvalue weighted by Crippen LogP contribution is 2.29. The van der Waals surface area contributed by atoms with Gasteiger partial charge in [-0.15, -0.1) is 0 Å². The van der Waals surface area contributed by atoms with Crippen molar-refractivity contribution < 1.29 is 14.1 Å². The summed E-state index contributed by atoms with van der Waals surface area (Å²) in [5.41, 5.74) is 3.25. The first kappa shape index (κ1) is 20.1. The molecule has 1 aliphatic heterocycles. The first-order chi connectivity index (χ1) is 14.7. The van der Waals surface area contributed by atoms with Crippen LogP contribution in [0.2, 0.25) is 0 Å². The van der Waals surface area contributed by atoms with Gasteiger partial charge in [-0.25, -0.2) is 0 Å². The van der Waals surface area contributed by atoms with Gasteiger partial charge in [0.15, 0.2) is 5.82 Å². The molecule has 30 heavy (non-hydrogen) atoms. The Bertz CT molecular complexity index is 980. The van der Waals surface area contributed by atoms with Crippen LogP contribution >= 0.6 is 0 Å². The van der Waals surface area contributed by atoms with Crippen molar-refractivity contribution in [3.8, 4) is 17.2 Å². The standard InChI is InChI=1S/C24H27N3O3/c1-3-13-29-21-11-7-18(8-12-21)15-27-16-20(14-22(27)28)23-25-24(30-26-23)19-9-5-17(4-2)6-10-19/h5-12,20H,3-4,13-16H2,1-2H3. The van der Waals surface area contributed by atoms with Crippen LogP contribution in [0.25, 0.3) is 11.5 Å². The Balaban J connectivity index is 1.39. The maximum absolute atomic E-state index is 12.5. The number of amides is 1. The highest BCUT2D eigenvalue weighted by molar-refractivity contribution is 5.79. The maximum atomic E-state index is 12.5. The normalized spacial score (nSPS) is 16.3. The maximum Gasteiger partial charge on any atom is 0.257 e. The zero-order valence-corrected chi connectivity index (χ0v) is 17.5. The van der Waals surface area contributed by atoms with Crippen LogP contribution in [0.15, 0.2) is 53.1 Å². The topological polar surface area (TPSA) is 68.5 Å². The molecular weight excluding hydrogens is 378 g/mol. The number of rotatable bonds is 8. The average Bonchev–Trinajstić information content (AvgIpc) is 3.41. The molecule has 3 aromatic rings. The third kappa shape index (κ3) is 4.53. The third-order valence-electron chi connectivity index (χ3n) is 5.40. The first-order valence-electron chi connectivity index (χ1n) is 10.6. The van der Waals surface area contributed by atoms with E-state index in [1.54, 1.807) is 0 Å². The summed E-state index contributed by atoms with van der Waals surface area (Å²) in [7, 11) is 0. The summed E-state index contributed by atoms with van der Waals surface area (Å²) in [6.07, 6.45) is 2.38. The van der Waals surface area contributed by atoms with Crippen molar-refractivity contribution in [1.82, 2.24) is 15.0 Å². The third-order valence-corrected chi connectivity index (χ3v) is 5.40. The first-order valence-corrected chi connectivity index (χ1v) is 10.6. The summed E-state index contributed by atoms with van der Waals surface area (Å²) in [5.74, 6) is 2.03. The van der Waals surface area contributed by atoms with Crippen molar-refractivity contribution in [2.45, 2.75) is 45.6 Å². The molecule has 0 saturated carbocycles. The fourth-order valence-corrected chi connectivity index (χ4v) is 3.63. The quantitative estimate of drug-likeness (QED) is 0.548. The molecule has 0 spiro atoms. The summed E-state index contributed by atoms with van der Waals surface area (Å²) in [5, 5.41) is 4.15. The number of carbonyl (C=O) groups excluding carboxylic acids is 1. The molecule has 1 unspecified atom stereocenters. The molecule has 1 fully saturated rings. The van der Waals surface area contributed by atoms with E-state index in [4.69, 9.17) is 9.26 Å². The highest BCUT2D eigenvalue weighted by Gasteiger charge is 2.33. The molecule has 1 aliphatic rings. The predicted molar refractivity (Wildman–Crippen MR) is 114 cm³/mol. The van der Waals surface area contributed by atoms with Crippen LogP contribution in [-0.4, -0.2) is 34.1 Å². The van der Waals surface area contributed by atoms with E-state index in [1.807, 2.05) is 41.3 Å². The van der Waals surface area contributed by atoms with Crippen LogP contribution in [0.3, 0.4) is 0 Å². The van der Waals surface area contributed by atoms with Crippen LogP contribution < -0.4 is 4.74 Å². The highest BCUT2D eigenvalue weighted by atomic mass is 16.5. The second kappa shape index (κ2) is 9.11. The van der Waals surface area contributed by atoms with Crippen molar-refractivity contribution in [1.29, 1.82) is 0 Å². The Labute approximate surface area is 176 Å². The van der Waals surface area contributed by atoms with Crippen molar-refractivity contribution in [3.05, 3.63) is 65.5 Å². The molecular formula is C24H27N3O3. The van der Waals surface area contributed by atoms with E-state index in [0.717, 1.165) is 29.7 Å². The molecule has 0 radical (unpaired) electrons. The van der Waals surface area contributed by atoms with Crippen molar-refractivity contribution in [3.63, 3.8) is 0 Å². The Hall–Kier alpha value is -3.15. The lowest BCUT2D eigenvalue weighted by Crippen LogP contribution is -2.24. The van der Waals surface area contributed by atoms with E-state index in [0.29, 0.717) is 37.8 Å². The molecule has 0 N–H and O–H groups in total. The Kier molecular flexibility index (Phi) is 6.12. The Morgan fingerprint density at radius 2 is 1.80 bits per heavy atom. The minimum Gasteiger partial charge on any atom is -0.494 e. The van der Waals surface area contributed by atoms with Gasteiger partial charge in [0.25, 0.3) is 5.89 Å². The molecule has 1 amide bonds. The minimum atomic E-state index is -0.0444. The number of aromatic nitrogens is 2. The fourth-order valence-electron chi connectivity index (χ4n) is 3.63. The SMILES string of the molecule is CCCOc1ccc(CN2CC(c3noc(-c4ccc(CC)cc4)n3)CC2=O)cc1. The van der Waals surface area contributed by atoms with Gasteiger partial charge in [-0.3, -0.25) is 4.79 Å². The van der Waals surface area contributed by atoms with Gasteiger partial charge in [-0.1, -0.05) is 43.3 Å². The second-order valence-electron chi connectivity index (χ2n) is 7.68. The summed E-state index contributed by atoms with van der Waals surface area (Å²) in [4.78, 5) is 19.0. The fraction of sp³-hybridized carbons (Fsp3) is 0.375. The smallest absolute Gasteiger partial charge is 0.257 e. The van der Waals surface area contributed by atoms with Crippen LogP contribution in [0, 0.1) is 0 Å². The van der Waals surface area contributed by atoms with E-state index in [1.165, 1.54) is 5.56 Å². The van der Waals surface area contributed by atoms with Crippen LogP contribution in [0.1, 0.15) is 49.6 Å². The molecule has 6 heteroatoms. The van der Waals surface area contributed by atoms with E-state index >= 15 is 0 Å². The zero-order chi connectivity index (χ0) is 20.9. The number of carbonyl (C=O) groups is 1. The van der Waals surface area contributed by atoms with Gasteiger partial charge >= 0.3 is 0 Å². The zero-order valence-electron chi connectivity index (χ0n) is 17.5. The average molecular weight is 405 g/mol. The van der Waals surface area contributed by atoms with Crippen LogP contribution in [-0.2, 0) is 17.8 Å². The molecule has 0 bridgehead atoms. The number of likely N-dealkylation sites (tertiary alicyclic amines) is 1. The number of nitrogens with zero attached hydrogens (tertiary/aromatic N) is 3. The lowest BCUT2D eigenvalue weighted by atomic mass is 10.1. The van der Waals surface area contributed by atoms with Crippen molar-refractivity contribution in [2.24, 2.45) is 0 Å². The van der Waals surface area contributed by atoms with E-state index in [9.17, 15) is 4.79 Å². The largest absolute Gasteiger partial charge is 0.494 e. The number of aryl methyl sites for hydroxylation is 1. The van der Waals surface area contributed by atoms with Gasteiger partial charge in [0.2, 0.25) is 5.91 Å². The monoisotopic (exact) mass is 405 g/mol. The second-order valence-corrected chi connectivity index (χ2v) is 7.68. The van der Waals surface area contributed by atoms with Gasteiger partial charge in [0.05, 0.1) is 6.61 Å². The van der Waals surface area contributed by atoms with Crippen LogP contribution in [0.5, 0.6) is 5.75 Å². The minimum absolute atomic E-state index is 0.0444. The van der Waals surface area contributed by atoms with Gasteiger partial charge < -0.3 is 14.2 Å². The molecule has 0 aliphatic carbocycles. The molecule has 4 rings (SSSR count). The van der Waals surface area contributed by atoms with Gasteiger partial charge in [0, 0.05) is 31.0 Å². The molecule has 156 valence electrons. The lowest BCUT2D eigenvalue weighted by molar-refractivity contribution is -0.128. The summed E-state index contributed by atoms with van der Waals surface area (Å²) in [6.45, 7) is 6.09. The molecule has 1 aromatic heterocycles. The Morgan fingerprint density at radius 1 is 1.07 bits per heavy atom. The Morgan fingerprint density at radius 3 is 2.50 bits per heavy atom. The predicted octanol–water partition coefficient (Wildman–Crippen LogP) is 4.60. The number of hydrogen-bond acceptors (Lipinski definition) is 5. The molecule has 6 nitrogen and oxygen atoms in total. The van der Waals surface area contributed by atoms with Crippen molar-refractivity contribution in [2.75, 3.05) is 13.2 Å². The summed E-state index contributed by atoms with van der Waals surface area (Å²) < 4.78 is 11.1. The van der Waals surface area contributed by atoms with Gasteiger partial charge in [-0.2, -0.15) is 4.98 Å². The molecule has 1 saturated heterocycles. The summed E-state index contributed by atoms with van der Waals surface area (Å²) in [6, 6.07) is 16.1. The molecule has 1 atom stereocenters. The van der Waals surface area contributed by atoms with Crippen LogP contribution in [0.4, 0.5) is 0 Å². The summed E-state index contributed by atoms with van der Waals surface area (Å²) >= 11 is 0. The number of benzene rings is 2. The number of hydrogen-bond donors (Lipinski definition) is 0. The molecule has 2 heterocycles. The van der Waals surface area contributed by atoms with E-state index in [-0.39, 0.29) is 11.8 Å². The van der Waals surface area contributed by atoms with E-state index < -0.39 is 0 Å². The number of ether oxygens (including phenoxy) is 1.